The van der Waals surface area contributed by atoms with Gasteiger partial charge in [0.1, 0.15) is 17.2 Å². The van der Waals surface area contributed by atoms with Gasteiger partial charge in [-0.2, -0.15) is 4.57 Å². The van der Waals surface area contributed by atoms with Gasteiger partial charge in [0.15, 0.2) is 0 Å². The van der Waals surface area contributed by atoms with E-state index in [1.807, 2.05) is 0 Å². The minimum Gasteiger partial charge on any atom is -0.386 e. The van der Waals surface area contributed by atoms with Gasteiger partial charge >= 0.3 is 7.82 Å². The first-order valence-electron chi connectivity index (χ1n) is 7.69. The normalized spacial score (nSPS) is 11.2. The molecule has 4 nitrogen and oxygen atoms in total. The molecule has 0 aliphatic heterocycles. The summed E-state index contributed by atoms with van der Waals surface area (Å²) in [7, 11) is -4.30. The zero-order valence-corrected chi connectivity index (χ0v) is 19.5. The maximum atomic E-state index is 13.4. The molecule has 0 aliphatic rings. The lowest BCUT2D eigenvalue weighted by molar-refractivity contribution is 0.298. The van der Waals surface area contributed by atoms with E-state index in [4.69, 9.17) is 83.2 Å². The summed E-state index contributed by atoms with van der Waals surface area (Å²) >= 11 is 35.7. The van der Waals surface area contributed by atoms with Gasteiger partial charge in [0.05, 0.1) is 30.1 Å². The highest BCUT2D eigenvalue weighted by atomic mass is 35.5. The number of phosphoric ester groups is 1. The van der Waals surface area contributed by atoms with Crippen molar-refractivity contribution in [2.75, 3.05) is 0 Å². The molecule has 152 valence electrons. The van der Waals surface area contributed by atoms with Crippen LogP contribution >= 0.6 is 77.4 Å². The van der Waals surface area contributed by atoms with E-state index >= 15 is 0 Å². The van der Waals surface area contributed by atoms with Crippen molar-refractivity contribution in [3.63, 3.8) is 0 Å². The fourth-order valence-electron chi connectivity index (χ4n) is 2.04. The first kappa shape index (κ1) is 22.7. The van der Waals surface area contributed by atoms with Gasteiger partial charge in [-0.15, -0.1) is 0 Å². The molecule has 3 rings (SSSR count). The molecule has 0 radical (unpaired) electrons. The van der Waals surface area contributed by atoms with Crippen molar-refractivity contribution in [3.8, 4) is 17.2 Å². The van der Waals surface area contributed by atoms with Crippen LogP contribution in [0.3, 0.4) is 0 Å². The van der Waals surface area contributed by atoms with Gasteiger partial charge < -0.3 is 13.6 Å². The van der Waals surface area contributed by atoms with Crippen molar-refractivity contribution < 1.29 is 18.1 Å². The second-order valence-corrected chi connectivity index (χ2v) is 9.33. The summed E-state index contributed by atoms with van der Waals surface area (Å²) in [6.45, 7) is 0. The van der Waals surface area contributed by atoms with Crippen LogP contribution in [0.2, 0.25) is 30.1 Å². The Hall–Kier alpha value is -0.970. The summed E-state index contributed by atoms with van der Waals surface area (Å²) in [5.74, 6) is 0.300. The first-order valence-corrected chi connectivity index (χ1v) is 11.4. The Balaban J connectivity index is 1.96. The quantitative estimate of drug-likeness (QED) is 0.297. The minimum absolute atomic E-state index is 0.0999. The molecule has 0 N–H and O–H groups in total. The van der Waals surface area contributed by atoms with E-state index in [1.54, 1.807) is 0 Å². The predicted molar refractivity (Wildman–Crippen MR) is 119 cm³/mol. The summed E-state index contributed by atoms with van der Waals surface area (Å²) in [6.07, 6.45) is 0. The largest absolute Gasteiger partial charge is 0.647 e. The molecule has 29 heavy (non-hydrogen) atoms. The number of benzene rings is 3. The van der Waals surface area contributed by atoms with Gasteiger partial charge in [-0.1, -0.05) is 69.6 Å². The predicted octanol–water partition coefficient (Wildman–Crippen LogP) is 9.25. The van der Waals surface area contributed by atoms with E-state index < -0.39 is 7.82 Å². The lowest BCUT2D eigenvalue weighted by Gasteiger charge is -2.20. The third-order valence-electron chi connectivity index (χ3n) is 3.32. The van der Waals surface area contributed by atoms with Gasteiger partial charge in [0.25, 0.3) is 0 Å². The molecule has 0 spiro atoms. The van der Waals surface area contributed by atoms with Crippen LogP contribution in [0.5, 0.6) is 17.2 Å². The summed E-state index contributed by atoms with van der Waals surface area (Å²) in [4.78, 5) is 0. The zero-order chi connectivity index (χ0) is 21.2. The summed E-state index contributed by atoms with van der Waals surface area (Å²) in [5, 5.41) is 1.47. The van der Waals surface area contributed by atoms with Crippen molar-refractivity contribution in [1.82, 2.24) is 0 Å². The topological polar surface area (TPSA) is 44.8 Å². The fraction of sp³-hybridized carbons (Fsp3) is 0. The molecule has 0 aromatic heterocycles. The monoisotopic (exact) mass is 530 g/mol. The Kier molecular flexibility index (Phi) is 7.40. The van der Waals surface area contributed by atoms with Crippen molar-refractivity contribution in [1.29, 1.82) is 0 Å². The number of hydrogen-bond donors (Lipinski definition) is 0. The minimum atomic E-state index is -4.30. The number of rotatable bonds is 6. The van der Waals surface area contributed by atoms with E-state index in [-0.39, 0.29) is 32.3 Å². The zero-order valence-electron chi connectivity index (χ0n) is 14.0. The Morgan fingerprint density at radius 3 is 1.00 bits per heavy atom. The molecule has 0 aliphatic carbocycles. The van der Waals surface area contributed by atoms with Crippen molar-refractivity contribution >= 4 is 77.4 Å². The van der Waals surface area contributed by atoms with Crippen LogP contribution in [0.25, 0.3) is 0 Å². The van der Waals surface area contributed by atoms with Crippen molar-refractivity contribution in [2.24, 2.45) is 0 Å². The van der Waals surface area contributed by atoms with Crippen LogP contribution in [0.4, 0.5) is 0 Å². The molecule has 3 aromatic carbocycles. The molecular weight excluding hydrogens is 524 g/mol. The second kappa shape index (κ2) is 9.45. The third-order valence-corrected chi connectivity index (χ3v) is 6.85. The van der Waals surface area contributed by atoms with Crippen LogP contribution in [0, 0.1) is 0 Å². The van der Waals surface area contributed by atoms with E-state index in [0.29, 0.717) is 15.1 Å². The van der Waals surface area contributed by atoms with Gasteiger partial charge in [-0.3, -0.25) is 0 Å². The second-order valence-electron chi connectivity index (χ2n) is 5.45. The Bertz CT molecular complexity index is 971. The van der Waals surface area contributed by atoms with Crippen LogP contribution in [-0.2, 0) is 4.57 Å². The molecule has 0 heterocycles. The molecule has 0 fully saturated rings. The van der Waals surface area contributed by atoms with Crippen molar-refractivity contribution in [2.45, 2.75) is 0 Å². The lowest BCUT2D eigenvalue weighted by Crippen LogP contribution is -2.07. The average molecular weight is 533 g/mol. The van der Waals surface area contributed by atoms with E-state index in [1.165, 1.54) is 54.6 Å². The van der Waals surface area contributed by atoms with Gasteiger partial charge in [-0.25, -0.2) is 0 Å². The standard InChI is InChI=1S/C18H9Cl6O4P/c19-13-4-1-10(7-16(13)22)26-29(25,27-11-2-5-14(20)17(23)8-11)28-12-3-6-15(21)18(24)9-12/h1-9H. The Morgan fingerprint density at radius 1 is 0.483 bits per heavy atom. The highest BCUT2D eigenvalue weighted by molar-refractivity contribution is 7.49. The highest BCUT2D eigenvalue weighted by Crippen LogP contribution is 2.51. The van der Waals surface area contributed by atoms with Gasteiger partial charge in [0, 0.05) is 18.2 Å². The van der Waals surface area contributed by atoms with E-state index in [0.717, 1.165) is 0 Å². The molecule has 0 unspecified atom stereocenters. The SMILES string of the molecule is O=P(Oc1ccc(Cl)c(Cl)c1)(Oc1ccc(Cl)c(Cl)c1)Oc1ccc(Cl)c(Cl)c1. The molecule has 0 amide bonds. The average Bonchev–Trinajstić information content (AvgIpc) is 2.64. The fourth-order valence-corrected chi connectivity index (χ4v) is 4.14. The summed E-state index contributed by atoms with van der Waals surface area (Å²) in [5.41, 5.74) is 0. The smallest absolute Gasteiger partial charge is 0.386 e. The molecule has 11 heteroatoms. The van der Waals surface area contributed by atoms with Crippen LogP contribution in [0.15, 0.2) is 54.6 Å². The summed E-state index contributed by atoms with van der Waals surface area (Å²) in [6, 6.07) is 12.9. The van der Waals surface area contributed by atoms with Crippen molar-refractivity contribution in [3.05, 3.63) is 84.7 Å². The summed E-state index contributed by atoms with van der Waals surface area (Å²) < 4.78 is 29.9. The molecule has 3 aromatic rings. The maximum absolute atomic E-state index is 13.4. The van der Waals surface area contributed by atoms with Gasteiger partial charge in [0.2, 0.25) is 0 Å². The third kappa shape index (κ3) is 6.02. The lowest BCUT2D eigenvalue weighted by atomic mass is 10.3. The van der Waals surface area contributed by atoms with Crippen LogP contribution in [0.1, 0.15) is 0 Å². The van der Waals surface area contributed by atoms with Gasteiger partial charge in [-0.05, 0) is 36.4 Å². The molecule has 0 saturated carbocycles. The first-order chi connectivity index (χ1) is 13.6. The van der Waals surface area contributed by atoms with Crippen LogP contribution in [-0.4, -0.2) is 0 Å². The van der Waals surface area contributed by atoms with Crippen LogP contribution < -0.4 is 13.6 Å². The maximum Gasteiger partial charge on any atom is 0.647 e. The van der Waals surface area contributed by atoms with E-state index in [2.05, 4.69) is 0 Å². The highest BCUT2D eigenvalue weighted by Gasteiger charge is 2.34. The molecular formula is C18H9Cl6O4P. The molecule has 0 saturated heterocycles. The van der Waals surface area contributed by atoms with E-state index in [9.17, 15) is 4.57 Å². The number of halogens is 6. The number of hydrogen-bond acceptors (Lipinski definition) is 4. The Morgan fingerprint density at radius 2 is 0.759 bits per heavy atom. The molecule has 0 atom stereocenters. The number of phosphoric acid groups is 1. The molecule has 0 bridgehead atoms. The Labute approximate surface area is 196 Å².